The Hall–Kier alpha value is -0.740. The smallest absolute Gasteiger partial charge is 0.0712 e. The first-order chi connectivity index (χ1) is 7.54. The van der Waals surface area contributed by atoms with Gasteiger partial charge in [-0.2, -0.15) is 0 Å². The highest BCUT2D eigenvalue weighted by molar-refractivity contribution is 9.10. The fourth-order valence-corrected chi connectivity index (χ4v) is 2.00. The predicted octanol–water partition coefficient (Wildman–Crippen LogP) is 2.91. The Bertz CT molecular complexity index is 355. The van der Waals surface area contributed by atoms with Gasteiger partial charge in [-0.1, -0.05) is 13.3 Å². The van der Waals surface area contributed by atoms with E-state index in [2.05, 4.69) is 28.2 Å². The first-order valence-corrected chi connectivity index (χ1v) is 6.31. The van der Waals surface area contributed by atoms with E-state index in [4.69, 9.17) is 5.73 Å². The summed E-state index contributed by atoms with van der Waals surface area (Å²) in [6, 6.07) is 3.86. The summed E-state index contributed by atoms with van der Waals surface area (Å²) in [5.74, 6) is 0. The number of rotatable bonds is 5. The zero-order chi connectivity index (χ0) is 12.1. The molecule has 0 aliphatic rings. The van der Waals surface area contributed by atoms with Crippen molar-refractivity contribution >= 4 is 27.3 Å². The maximum Gasteiger partial charge on any atom is 0.0712 e. The first-order valence-electron chi connectivity index (χ1n) is 5.52. The van der Waals surface area contributed by atoms with Gasteiger partial charge in [0, 0.05) is 22.4 Å². The Morgan fingerprint density at radius 3 is 2.81 bits per heavy atom. The lowest BCUT2D eigenvalue weighted by molar-refractivity contribution is 0.176. The van der Waals surface area contributed by atoms with Crippen LogP contribution in [0.3, 0.4) is 0 Å². The highest BCUT2D eigenvalue weighted by Crippen LogP contribution is 2.27. The number of aliphatic hydroxyl groups is 1. The van der Waals surface area contributed by atoms with Crippen molar-refractivity contribution < 1.29 is 5.11 Å². The molecular weight excluding hydrogens is 268 g/mol. The van der Waals surface area contributed by atoms with Crippen LogP contribution in [0.25, 0.3) is 0 Å². The van der Waals surface area contributed by atoms with E-state index in [1.807, 2.05) is 19.1 Å². The summed E-state index contributed by atoms with van der Waals surface area (Å²) in [7, 11) is 0. The van der Waals surface area contributed by atoms with Gasteiger partial charge in [0.15, 0.2) is 0 Å². The molecule has 90 valence electrons. The number of nitrogen functional groups attached to an aromatic ring is 1. The second-order valence-electron chi connectivity index (χ2n) is 4.01. The minimum Gasteiger partial charge on any atom is -0.398 e. The van der Waals surface area contributed by atoms with Crippen LogP contribution in [-0.2, 0) is 0 Å². The number of anilines is 2. The summed E-state index contributed by atoms with van der Waals surface area (Å²) in [5.41, 5.74) is 8.57. The summed E-state index contributed by atoms with van der Waals surface area (Å²) in [4.78, 5) is 0. The molecule has 0 spiro atoms. The maximum atomic E-state index is 9.62. The molecule has 1 atom stereocenters. The largest absolute Gasteiger partial charge is 0.398 e. The molecule has 0 saturated heterocycles. The van der Waals surface area contributed by atoms with E-state index in [-0.39, 0.29) is 6.10 Å². The highest BCUT2D eigenvalue weighted by atomic mass is 79.9. The van der Waals surface area contributed by atoms with E-state index in [9.17, 15) is 5.11 Å². The van der Waals surface area contributed by atoms with E-state index in [0.29, 0.717) is 6.54 Å². The molecule has 0 heterocycles. The highest BCUT2D eigenvalue weighted by Gasteiger charge is 2.06. The molecule has 16 heavy (non-hydrogen) atoms. The standard InChI is InChI=1S/C12H19BrN2O/c1-3-4-9(16)7-15-12-5-8(2)11(14)6-10(12)13/h5-6,9,15-16H,3-4,7,14H2,1-2H3. The number of hydrogen-bond acceptors (Lipinski definition) is 3. The molecule has 1 rings (SSSR count). The quantitative estimate of drug-likeness (QED) is 0.730. The third kappa shape index (κ3) is 3.68. The third-order valence-corrected chi connectivity index (χ3v) is 3.16. The molecule has 4 heteroatoms. The molecule has 0 amide bonds. The Labute approximate surface area is 105 Å². The molecule has 4 N–H and O–H groups in total. The molecule has 1 unspecified atom stereocenters. The van der Waals surface area contributed by atoms with Gasteiger partial charge in [0.1, 0.15) is 0 Å². The minimum absolute atomic E-state index is 0.297. The summed E-state index contributed by atoms with van der Waals surface area (Å²) >= 11 is 3.45. The molecule has 0 saturated carbocycles. The van der Waals surface area contributed by atoms with E-state index in [0.717, 1.165) is 34.3 Å². The number of hydrogen-bond donors (Lipinski definition) is 3. The zero-order valence-corrected chi connectivity index (χ0v) is 11.3. The monoisotopic (exact) mass is 286 g/mol. The predicted molar refractivity (Wildman–Crippen MR) is 72.7 cm³/mol. The Balaban J connectivity index is 2.63. The van der Waals surface area contributed by atoms with E-state index in [1.54, 1.807) is 0 Å². The number of nitrogens with two attached hydrogens (primary N) is 1. The average molecular weight is 287 g/mol. The molecule has 1 aromatic rings. The summed E-state index contributed by atoms with van der Waals surface area (Å²) in [6.45, 7) is 4.59. The van der Waals surface area contributed by atoms with E-state index >= 15 is 0 Å². The van der Waals surface area contributed by atoms with Gasteiger partial charge < -0.3 is 16.2 Å². The van der Waals surface area contributed by atoms with Crippen molar-refractivity contribution in [1.29, 1.82) is 0 Å². The van der Waals surface area contributed by atoms with Crippen LogP contribution >= 0.6 is 15.9 Å². The maximum absolute atomic E-state index is 9.62. The molecule has 0 radical (unpaired) electrons. The average Bonchev–Trinajstić information content (AvgIpc) is 2.22. The van der Waals surface area contributed by atoms with Crippen molar-refractivity contribution in [3.05, 3.63) is 22.2 Å². The van der Waals surface area contributed by atoms with Gasteiger partial charge in [-0.15, -0.1) is 0 Å². The molecular formula is C12H19BrN2O. The third-order valence-electron chi connectivity index (χ3n) is 2.51. The Morgan fingerprint density at radius 1 is 1.50 bits per heavy atom. The number of aliphatic hydroxyl groups excluding tert-OH is 1. The van der Waals surface area contributed by atoms with Crippen molar-refractivity contribution in [2.75, 3.05) is 17.6 Å². The van der Waals surface area contributed by atoms with Crippen LogP contribution in [-0.4, -0.2) is 17.8 Å². The Morgan fingerprint density at radius 2 is 2.19 bits per heavy atom. The minimum atomic E-state index is -0.297. The van der Waals surface area contributed by atoms with Gasteiger partial charge in [0.25, 0.3) is 0 Å². The lowest BCUT2D eigenvalue weighted by Crippen LogP contribution is -2.19. The van der Waals surface area contributed by atoms with Gasteiger partial charge in [-0.3, -0.25) is 0 Å². The number of halogens is 1. The molecule has 1 aromatic carbocycles. The molecule has 0 fully saturated rings. The molecule has 0 aromatic heterocycles. The second kappa shape index (κ2) is 6.11. The summed E-state index contributed by atoms with van der Waals surface area (Å²) < 4.78 is 0.930. The van der Waals surface area contributed by atoms with Gasteiger partial charge in [0.05, 0.1) is 6.10 Å². The lowest BCUT2D eigenvalue weighted by atomic mass is 10.1. The van der Waals surface area contributed by atoms with Crippen LogP contribution in [0.2, 0.25) is 0 Å². The fraction of sp³-hybridized carbons (Fsp3) is 0.500. The molecule has 0 bridgehead atoms. The van der Waals surface area contributed by atoms with Gasteiger partial charge in [-0.25, -0.2) is 0 Å². The number of benzene rings is 1. The number of nitrogens with one attached hydrogen (secondary N) is 1. The van der Waals surface area contributed by atoms with Crippen molar-refractivity contribution in [2.45, 2.75) is 32.8 Å². The first kappa shape index (κ1) is 13.3. The normalized spacial score (nSPS) is 12.5. The topological polar surface area (TPSA) is 58.3 Å². The summed E-state index contributed by atoms with van der Waals surface area (Å²) in [6.07, 6.45) is 1.51. The van der Waals surface area contributed by atoms with Crippen molar-refractivity contribution in [3.8, 4) is 0 Å². The lowest BCUT2D eigenvalue weighted by Gasteiger charge is -2.14. The SMILES string of the molecule is CCCC(O)CNc1cc(C)c(N)cc1Br. The van der Waals surface area contributed by atoms with Gasteiger partial charge in [-0.05, 0) is 47.0 Å². The van der Waals surface area contributed by atoms with E-state index in [1.165, 1.54) is 0 Å². The molecule has 0 aliphatic heterocycles. The zero-order valence-electron chi connectivity index (χ0n) is 9.76. The second-order valence-corrected chi connectivity index (χ2v) is 4.87. The Kier molecular flexibility index (Phi) is 5.09. The van der Waals surface area contributed by atoms with Crippen LogP contribution in [0.15, 0.2) is 16.6 Å². The summed E-state index contributed by atoms with van der Waals surface area (Å²) in [5, 5.41) is 12.8. The fourth-order valence-electron chi connectivity index (χ4n) is 1.50. The molecule has 3 nitrogen and oxygen atoms in total. The van der Waals surface area contributed by atoms with Gasteiger partial charge in [0.2, 0.25) is 0 Å². The van der Waals surface area contributed by atoms with Crippen molar-refractivity contribution in [2.24, 2.45) is 0 Å². The van der Waals surface area contributed by atoms with Crippen LogP contribution in [0.4, 0.5) is 11.4 Å². The van der Waals surface area contributed by atoms with Gasteiger partial charge >= 0.3 is 0 Å². The van der Waals surface area contributed by atoms with E-state index < -0.39 is 0 Å². The number of aryl methyl sites for hydroxylation is 1. The van der Waals surface area contributed by atoms with Crippen LogP contribution in [0.1, 0.15) is 25.3 Å². The van der Waals surface area contributed by atoms with Crippen LogP contribution in [0.5, 0.6) is 0 Å². The van der Waals surface area contributed by atoms with Crippen LogP contribution < -0.4 is 11.1 Å². The van der Waals surface area contributed by atoms with Crippen molar-refractivity contribution in [1.82, 2.24) is 0 Å². The van der Waals surface area contributed by atoms with Crippen molar-refractivity contribution in [3.63, 3.8) is 0 Å². The molecule has 0 aliphatic carbocycles. The van der Waals surface area contributed by atoms with Crippen LogP contribution in [0, 0.1) is 6.92 Å².